The molecule has 2 aromatic rings. The van der Waals surface area contributed by atoms with Crippen LogP contribution in [-0.2, 0) is 10.2 Å². The lowest BCUT2D eigenvalue weighted by molar-refractivity contribution is 0.0697. The van der Waals surface area contributed by atoms with Gasteiger partial charge in [-0.05, 0) is 61.4 Å². The minimum Gasteiger partial charge on any atom is -0.478 e. The topological polar surface area (TPSA) is 46.5 Å². The molecular formula is C23H24O3S. The summed E-state index contributed by atoms with van der Waals surface area (Å²) in [6.07, 6.45) is 2.30. The van der Waals surface area contributed by atoms with Gasteiger partial charge in [0.15, 0.2) is 0 Å². The minimum absolute atomic E-state index is 0.0383. The highest BCUT2D eigenvalue weighted by Crippen LogP contribution is 2.40. The third-order valence-corrected chi connectivity index (χ3v) is 5.99. The van der Waals surface area contributed by atoms with Crippen molar-refractivity contribution in [2.24, 2.45) is 0 Å². The van der Waals surface area contributed by atoms with Crippen molar-refractivity contribution in [3.05, 3.63) is 64.7 Å². The van der Waals surface area contributed by atoms with Gasteiger partial charge in [-0.1, -0.05) is 30.9 Å². The average molecular weight is 381 g/mol. The Morgan fingerprint density at radius 3 is 2.74 bits per heavy atom. The molecule has 0 spiro atoms. The summed E-state index contributed by atoms with van der Waals surface area (Å²) in [5, 5.41) is 9.10. The summed E-state index contributed by atoms with van der Waals surface area (Å²) < 4.78 is 5.77. The molecule has 0 fully saturated rings. The van der Waals surface area contributed by atoms with E-state index in [-0.39, 0.29) is 11.0 Å². The Morgan fingerprint density at radius 2 is 2.00 bits per heavy atom. The molecule has 3 nitrogen and oxygen atoms in total. The zero-order valence-electron chi connectivity index (χ0n) is 15.7. The molecule has 0 bridgehead atoms. The highest BCUT2D eigenvalue weighted by atomic mass is 32.2. The van der Waals surface area contributed by atoms with E-state index in [1.165, 1.54) is 16.9 Å². The molecule has 1 aliphatic rings. The second-order valence-corrected chi connectivity index (χ2v) is 8.13. The number of carboxylic acids is 1. The van der Waals surface area contributed by atoms with Gasteiger partial charge in [-0.2, -0.15) is 0 Å². The maximum atomic E-state index is 11.1. The van der Waals surface area contributed by atoms with Gasteiger partial charge in [0, 0.05) is 28.0 Å². The molecule has 0 amide bonds. The molecule has 27 heavy (non-hydrogen) atoms. The van der Waals surface area contributed by atoms with Crippen LogP contribution in [0, 0.1) is 11.8 Å². The Balaban J connectivity index is 1.89. The van der Waals surface area contributed by atoms with Crippen LogP contribution in [0.25, 0.3) is 0 Å². The molecule has 0 saturated heterocycles. The first-order chi connectivity index (χ1) is 13.0. The highest BCUT2D eigenvalue weighted by Gasteiger charge is 2.31. The van der Waals surface area contributed by atoms with E-state index in [0.29, 0.717) is 5.56 Å². The SMILES string of the molecule is CCOCC1(C)CCCSc2cc(C#Cc3cccc(C(=O)O)c3)ccc21. The van der Waals surface area contributed by atoms with E-state index in [2.05, 4.69) is 37.0 Å². The number of benzene rings is 2. The van der Waals surface area contributed by atoms with E-state index >= 15 is 0 Å². The minimum atomic E-state index is -0.936. The van der Waals surface area contributed by atoms with E-state index in [9.17, 15) is 4.79 Å². The number of aromatic carboxylic acids is 1. The number of hydrogen-bond acceptors (Lipinski definition) is 3. The summed E-state index contributed by atoms with van der Waals surface area (Å²) in [5.41, 5.74) is 3.29. The highest BCUT2D eigenvalue weighted by molar-refractivity contribution is 7.99. The first-order valence-electron chi connectivity index (χ1n) is 9.22. The van der Waals surface area contributed by atoms with E-state index in [1.807, 2.05) is 24.8 Å². The van der Waals surface area contributed by atoms with Crippen LogP contribution in [-0.4, -0.2) is 30.0 Å². The second kappa shape index (κ2) is 8.65. The summed E-state index contributed by atoms with van der Waals surface area (Å²) in [4.78, 5) is 12.4. The Labute approximate surface area is 165 Å². The number of carboxylic acid groups (broad SMARTS) is 1. The molecule has 1 heterocycles. The summed E-state index contributed by atoms with van der Waals surface area (Å²) >= 11 is 1.89. The largest absolute Gasteiger partial charge is 0.478 e. The number of ether oxygens (including phenoxy) is 1. The van der Waals surface area contributed by atoms with Crippen LogP contribution in [0.2, 0.25) is 0 Å². The van der Waals surface area contributed by atoms with Gasteiger partial charge in [-0.3, -0.25) is 0 Å². The number of carbonyl (C=O) groups is 1. The third-order valence-electron chi connectivity index (χ3n) is 4.85. The van der Waals surface area contributed by atoms with Crippen LogP contribution in [0.15, 0.2) is 47.4 Å². The Hall–Kier alpha value is -2.22. The molecule has 0 saturated carbocycles. The van der Waals surface area contributed by atoms with Crippen molar-refractivity contribution in [3.8, 4) is 11.8 Å². The fourth-order valence-electron chi connectivity index (χ4n) is 3.35. The second-order valence-electron chi connectivity index (χ2n) is 7.00. The molecule has 3 rings (SSSR count). The molecule has 0 aromatic heterocycles. The van der Waals surface area contributed by atoms with Crippen molar-refractivity contribution in [2.45, 2.75) is 37.0 Å². The van der Waals surface area contributed by atoms with E-state index in [0.717, 1.165) is 31.0 Å². The van der Waals surface area contributed by atoms with Gasteiger partial charge in [0.05, 0.1) is 12.2 Å². The number of fused-ring (bicyclic) bond motifs is 1. The predicted molar refractivity (Wildman–Crippen MR) is 110 cm³/mol. The van der Waals surface area contributed by atoms with Gasteiger partial charge in [0.2, 0.25) is 0 Å². The first-order valence-corrected chi connectivity index (χ1v) is 10.2. The van der Waals surface area contributed by atoms with Gasteiger partial charge in [-0.25, -0.2) is 4.79 Å². The van der Waals surface area contributed by atoms with Crippen LogP contribution in [0.3, 0.4) is 0 Å². The lowest BCUT2D eigenvalue weighted by Gasteiger charge is -2.29. The predicted octanol–water partition coefficient (Wildman–Crippen LogP) is 4.96. The summed E-state index contributed by atoms with van der Waals surface area (Å²) in [6.45, 7) is 5.80. The number of thioether (sulfide) groups is 1. The molecule has 140 valence electrons. The smallest absolute Gasteiger partial charge is 0.335 e. The number of rotatable bonds is 4. The van der Waals surface area contributed by atoms with E-state index < -0.39 is 5.97 Å². The maximum Gasteiger partial charge on any atom is 0.335 e. The molecule has 0 aliphatic carbocycles. The van der Waals surface area contributed by atoms with Gasteiger partial charge in [-0.15, -0.1) is 11.8 Å². The van der Waals surface area contributed by atoms with Gasteiger partial charge in [0.25, 0.3) is 0 Å². The Bertz CT molecular complexity index is 894. The van der Waals surface area contributed by atoms with E-state index in [1.54, 1.807) is 18.2 Å². The fraction of sp³-hybridized carbons (Fsp3) is 0.348. The normalized spacial score (nSPS) is 18.7. The number of hydrogen-bond donors (Lipinski definition) is 1. The van der Waals surface area contributed by atoms with Gasteiger partial charge >= 0.3 is 5.97 Å². The van der Waals surface area contributed by atoms with Crippen molar-refractivity contribution in [2.75, 3.05) is 19.0 Å². The third kappa shape index (κ3) is 4.74. The van der Waals surface area contributed by atoms with Crippen molar-refractivity contribution in [1.29, 1.82) is 0 Å². The summed E-state index contributed by atoms with van der Waals surface area (Å²) in [7, 11) is 0. The van der Waals surface area contributed by atoms with Crippen molar-refractivity contribution >= 4 is 17.7 Å². The molecule has 4 heteroatoms. The zero-order valence-corrected chi connectivity index (χ0v) is 16.6. The monoisotopic (exact) mass is 380 g/mol. The molecule has 2 aromatic carbocycles. The summed E-state index contributed by atoms with van der Waals surface area (Å²) in [5.74, 6) is 6.43. The zero-order chi connectivity index (χ0) is 19.3. The Morgan fingerprint density at radius 1 is 1.22 bits per heavy atom. The maximum absolute atomic E-state index is 11.1. The lowest BCUT2D eigenvalue weighted by atomic mass is 9.79. The lowest BCUT2D eigenvalue weighted by Crippen LogP contribution is -2.28. The van der Waals surface area contributed by atoms with Gasteiger partial charge < -0.3 is 9.84 Å². The summed E-state index contributed by atoms with van der Waals surface area (Å²) in [6, 6.07) is 13.1. The first kappa shape index (κ1) is 19.5. The quantitative estimate of drug-likeness (QED) is 0.761. The standard InChI is InChI=1S/C23H24O3S/c1-3-26-16-23(2)12-5-13-27-21-15-18(10-11-20(21)23)9-8-17-6-4-7-19(14-17)22(24)25/h4,6-7,10-11,14-15H,3,5,12-13,16H2,1-2H3,(H,24,25). The average Bonchev–Trinajstić information content (AvgIpc) is 2.84. The van der Waals surface area contributed by atoms with Crippen molar-refractivity contribution in [3.63, 3.8) is 0 Å². The Kier molecular flexibility index (Phi) is 6.26. The van der Waals surface area contributed by atoms with Crippen LogP contribution < -0.4 is 0 Å². The molecule has 0 radical (unpaired) electrons. The fourth-order valence-corrected chi connectivity index (χ4v) is 4.54. The molecular weight excluding hydrogens is 356 g/mol. The van der Waals surface area contributed by atoms with Crippen LogP contribution >= 0.6 is 11.8 Å². The molecule has 1 unspecified atom stereocenters. The molecule has 1 atom stereocenters. The van der Waals surface area contributed by atoms with Gasteiger partial charge in [0.1, 0.15) is 0 Å². The van der Waals surface area contributed by atoms with Crippen LogP contribution in [0.1, 0.15) is 53.7 Å². The van der Waals surface area contributed by atoms with Crippen LogP contribution in [0.5, 0.6) is 0 Å². The van der Waals surface area contributed by atoms with Crippen molar-refractivity contribution < 1.29 is 14.6 Å². The molecule has 1 N–H and O–H groups in total. The molecule has 1 aliphatic heterocycles. The van der Waals surface area contributed by atoms with Crippen LogP contribution in [0.4, 0.5) is 0 Å². The van der Waals surface area contributed by atoms with Crippen molar-refractivity contribution in [1.82, 2.24) is 0 Å². The van der Waals surface area contributed by atoms with E-state index in [4.69, 9.17) is 9.84 Å².